The van der Waals surface area contributed by atoms with Crippen LogP contribution in [0.4, 0.5) is 13.2 Å². The average molecular weight is 312 g/mol. The highest BCUT2D eigenvalue weighted by molar-refractivity contribution is 6.18. The second kappa shape index (κ2) is 6.69. The zero-order chi connectivity index (χ0) is 15.3. The molecular weight excluding hydrogens is 299 g/mol. The molecule has 0 radical (unpaired) electrons. The summed E-state index contributed by atoms with van der Waals surface area (Å²) in [6.07, 6.45) is -4.52. The second-order valence-corrected chi connectivity index (χ2v) is 4.30. The summed E-state index contributed by atoms with van der Waals surface area (Å²) in [5, 5.41) is 9.54. The maximum atomic E-state index is 12.4. The Labute approximate surface area is 118 Å². The Morgan fingerprint density at radius 3 is 2.55 bits per heavy atom. The van der Waals surface area contributed by atoms with Crippen molar-refractivity contribution in [1.82, 2.24) is 4.90 Å². The number of phenolic OH excluding ortho intramolecular Hbond substituents is 1. The molecule has 8 heteroatoms. The highest BCUT2D eigenvalue weighted by Crippen LogP contribution is 2.27. The Hall–Kier alpha value is -1.63. The number of amides is 1. The fourth-order valence-corrected chi connectivity index (χ4v) is 1.78. The van der Waals surface area contributed by atoms with Crippen molar-refractivity contribution in [3.05, 3.63) is 23.8 Å². The van der Waals surface area contributed by atoms with E-state index < -0.39 is 18.6 Å². The maximum absolute atomic E-state index is 12.4. The molecule has 0 heterocycles. The van der Waals surface area contributed by atoms with Crippen molar-refractivity contribution < 1.29 is 27.8 Å². The monoisotopic (exact) mass is 311 g/mol. The average Bonchev–Trinajstić information content (AvgIpc) is 2.35. The van der Waals surface area contributed by atoms with E-state index in [1.165, 1.54) is 19.2 Å². The fourth-order valence-electron chi connectivity index (χ4n) is 1.58. The molecule has 1 amide bonds. The van der Waals surface area contributed by atoms with Gasteiger partial charge in [-0.25, -0.2) is 0 Å². The molecule has 1 N–H and O–H groups in total. The van der Waals surface area contributed by atoms with E-state index in [1.807, 2.05) is 0 Å². The number of phenols is 1. The molecule has 0 aliphatic carbocycles. The van der Waals surface area contributed by atoms with E-state index in [9.17, 15) is 23.1 Å². The van der Waals surface area contributed by atoms with E-state index in [0.717, 1.165) is 6.07 Å². The molecule has 1 rings (SSSR count). The van der Waals surface area contributed by atoms with Gasteiger partial charge in [-0.1, -0.05) is 0 Å². The van der Waals surface area contributed by atoms with Crippen molar-refractivity contribution in [3.63, 3.8) is 0 Å². The van der Waals surface area contributed by atoms with Crippen LogP contribution >= 0.6 is 11.6 Å². The Balaban J connectivity index is 2.97. The van der Waals surface area contributed by atoms with E-state index in [-0.39, 0.29) is 29.5 Å². The van der Waals surface area contributed by atoms with Crippen molar-refractivity contribution in [2.24, 2.45) is 0 Å². The van der Waals surface area contributed by atoms with E-state index in [0.29, 0.717) is 4.90 Å². The first-order chi connectivity index (χ1) is 9.28. The van der Waals surface area contributed by atoms with Crippen LogP contribution in [-0.4, -0.2) is 48.2 Å². The van der Waals surface area contributed by atoms with Crippen molar-refractivity contribution >= 4 is 17.5 Å². The van der Waals surface area contributed by atoms with E-state index in [1.54, 1.807) is 0 Å². The summed E-state index contributed by atoms with van der Waals surface area (Å²) in [6, 6.07) is 3.63. The van der Waals surface area contributed by atoms with Gasteiger partial charge in [0.1, 0.15) is 6.54 Å². The lowest BCUT2D eigenvalue weighted by Crippen LogP contribution is -2.40. The molecule has 0 atom stereocenters. The summed E-state index contributed by atoms with van der Waals surface area (Å²) in [7, 11) is 1.32. The van der Waals surface area contributed by atoms with E-state index in [2.05, 4.69) is 0 Å². The van der Waals surface area contributed by atoms with Crippen LogP contribution < -0.4 is 4.74 Å². The van der Waals surface area contributed by atoms with Gasteiger partial charge in [-0.15, -0.1) is 11.6 Å². The molecule has 4 nitrogen and oxygen atoms in total. The SMILES string of the molecule is COc1ccc(C(=O)N(CCCl)CC(F)(F)F)cc1O. The smallest absolute Gasteiger partial charge is 0.406 e. The summed E-state index contributed by atoms with van der Waals surface area (Å²) >= 11 is 5.40. The highest BCUT2D eigenvalue weighted by atomic mass is 35.5. The van der Waals surface area contributed by atoms with Crippen LogP contribution in [0.5, 0.6) is 11.5 Å². The predicted octanol–water partition coefficient (Wildman–Crippen LogP) is 2.64. The van der Waals surface area contributed by atoms with Gasteiger partial charge in [-0.3, -0.25) is 4.79 Å². The topological polar surface area (TPSA) is 49.8 Å². The molecule has 0 bridgehead atoms. The number of hydrogen-bond donors (Lipinski definition) is 1. The minimum Gasteiger partial charge on any atom is -0.504 e. The first-order valence-corrected chi connectivity index (χ1v) is 6.11. The molecule has 0 aliphatic rings. The van der Waals surface area contributed by atoms with Crippen LogP contribution in [0.3, 0.4) is 0 Å². The van der Waals surface area contributed by atoms with Crippen LogP contribution in [0.1, 0.15) is 10.4 Å². The van der Waals surface area contributed by atoms with Gasteiger partial charge in [0.15, 0.2) is 11.5 Å². The Bertz CT molecular complexity index is 480. The summed E-state index contributed by atoms with van der Waals surface area (Å²) in [5.74, 6) is -1.18. The summed E-state index contributed by atoms with van der Waals surface area (Å²) in [6.45, 7) is -1.64. The van der Waals surface area contributed by atoms with Crippen LogP contribution in [0, 0.1) is 0 Å². The van der Waals surface area contributed by atoms with Crippen molar-refractivity contribution in [1.29, 1.82) is 0 Å². The van der Waals surface area contributed by atoms with E-state index >= 15 is 0 Å². The van der Waals surface area contributed by atoms with Crippen LogP contribution in [-0.2, 0) is 0 Å². The van der Waals surface area contributed by atoms with E-state index in [4.69, 9.17) is 16.3 Å². The molecule has 1 aromatic rings. The third kappa shape index (κ3) is 4.48. The van der Waals surface area contributed by atoms with Crippen molar-refractivity contribution in [2.45, 2.75) is 6.18 Å². The zero-order valence-electron chi connectivity index (χ0n) is 10.6. The normalized spacial score (nSPS) is 11.2. The van der Waals surface area contributed by atoms with Gasteiger partial charge in [0.05, 0.1) is 7.11 Å². The summed E-state index contributed by atoms with van der Waals surface area (Å²) in [4.78, 5) is 12.6. The first-order valence-electron chi connectivity index (χ1n) is 5.57. The fraction of sp³-hybridized carbons (Fsp3) is 0.417. The predicted molar refractivity (Wildman–Crippen MR) is 67.3 cm³/mol. The molecule has 0 fully saturated rings. The zero-order valence-corrected chi connectivity index (χ0v) is 11.3. The molecule has 0 saturated carbocycles. The van der Waals surface area contributed by atoms with Crippen LogP contribution in [0.25, 0.3) is 0 Å². The number of methoxy groups -OCH3 is 1. The van der Waals surface area contributed by atoms with Gasteiger partial charge in [-0.2, -0.15) is 13.2 Å². The lowest BCUT2D eigenvalue weighted by molar-refractivity contribution is -0.140. The summed E-state index contributed by atoms with van der Waals surface area (Å²) in [5.41, 5.74) is -0.0716. The number of halogens is 4. The minimum atomic E-state index is -4.52. The molecule has 0 aromatic heterocycles. The van der Waals surface area contributed by atoms with Gasteiger partial charge in [0.25, 0.3) is 5.91 Å². The van der Waals surface area contributed by atoms with Gasteiger partial charge in [0, 0.05) is 18.0 Å². The lowest BCUT2D eigenvalue weighted by atomic mass is 10.1. The Morgan fingerprint density at radius 1 is 1.45 bits per heavy atom. The molecule has 0 aliphatic heterocycles. The lowest BCUT2D eigenvalue weighted by Gasteiger charge is -2.23. The first kappa shape index (κ1) is 16.4. The number of hydrogen-bond acceptors (Lipinski definition) is 3. The maximum Gasteiger partial charge on any atom is 0.406 e. The number of carbonyl (C=O) groups excluding carboxylic acids is 1. The van der Waals surface area contributed by atoms with Gasteiger partial charge in [-0.05, 0) is 18.2 Å². The van der Waals surface area contributed by atoms with Gasteiger partial charge in [0.2, 0.25) is 0 Å². The highest BCUT2D eigenvalue weighted by Gasteiger charge is 2.33. The Morgan fingerprint density at radius 2 is 2.10 bits per heavy atom. The number of rotatable bonds is 5. The van der Waals surface area contributed by atoms with Gasteiger partial charge < -0.3 is 14.7 Å². The number of nitrogens with zero attached hydrogens (tertiary/aromatic N) is 1. The number of ether oxygens (including phenoxy) is 1. The quantitative estimate of drug-likeness (QED) is 0.851. The minimum absolute atomic E-state index is 0.0716. The van der Waals surface area contributed by atoms with Crippen LogP contribution in [0.2, 0.25) is 0 Å². The molecule has 1 aromatic carbocycles. The number of aromatic hydroxyl groups is 1. The largest absolute Gasteiger partial charge is 0.504 e. The number of alkyl halides is 4. The molecule has 20 heavy (non-hydrogen) atoms. The molecular formula is C12H13ClF3NO3. The Kier molecular flexibility index (Phi) is 5.50. The molecule has 0 unspecified atom stereocenters. The summed E-state index contributed by atoms with van der Waals surface area (Å²) < 4.78 is 42.0. The number of carbonyl (C=O) groups is 1. The number of benzene rings is 1. The third-order valence-corrected chi connectivity index (χ3v) is 2.61. The van der Waals surface area contributed by atoms with Crippen LogP contribution in [0.15, 0.2) is 18.2 Å². The standard InChI is InChI=1S/C12H13ClF3NO3/c1-20-10-3-2-8(6-9(10)18)11(19)17(5-4-13)7-12(14,15)16/h2-3,6,18H,4-5,7H2,1H3. The second-order valence-electron chi connectivity index (χ2n) is 3.92. The third-order valence-electron chi connectivity index (χ3n) is 2.44. The molecule has 0 spiro atoms. The molecule has 0 saturated heterocycles. The van der Waals surface area contributed by atoms with Gasteiger partial charge >= 0.3 is 6.18 Å². The molecule has 112 valence electrons. The van der Waals surface area contributed by atoms with Crippen molar-refractivity contribution in [3.8, 4) is 11.5 Å². The van der Waals surface area contributed by atoms with Crippen molar-refractivity contribution in [2.75, 3.05) is 26.1 Å².